The minimum atomic E-state index is -0.354. The van der Waals surface area contributed by atoms with Crippen molar-refractivity contribution in [2.24, 2.45) is 0 Å². The summed E-state index contributed by atoms with van der Waals surface area (Å²) in [6.45, 7) is 0.240. The van der Waals surface area contributed by atoms with Gasteiger partial charge in [-0.15, -0.1) is 0 Å². The highest BCUT2D eigenvalue weighted by molar-refractivity contribution is 6.33. The number of nitrogens with one attached hydrogen (secondary N) is 1. The Hall–Kier alpha value is -1.52. The van der Waals surface area contributed by atoms with Crippen LogP contribution in [0.25, 0.3) is 0 Å². The van der Waals surface area contributed by atoms with E-state index in [2.05, 4.69) is 5.32 Å². The summed E-state index contributed by atoms with van der Waals surface area (Å²) in [5, 5.41) is 12.2. The van der Waals surface area contributed by atoms with Gasteiger partial charge in [0.25, 0.3) is 0 Å². The largest absolute Gasteiger partial charge is 0.462 e. The molecule has 0 radical (unpaired) electrons. The van der Waals surface area contributed by atoms with E-state index >= 15 is 0 Å². The zero-order valence-corrected chi connectivity index (χ0v) is 9.67. The summed E-state index contributed by atoms with van der Waals surface area (Å²) in [4.78, 5) is 0. The van der Waals surface area contributed by atoms with Crippen molar-refractivity contribution < 1.29 is 13.9 Å². The molecule has 0 atom stereocenters. The summed E-state index contributed by atoms with van der Waals surface area (Å²) in [5.41, 5.74) is 0.508. The third-order valence-electron chi connectivity index (χ3n) is 2.25. The molecule has 0 saturated heterocycles. The summed E-state index contributed by atoms with van der Waals surface area (Å²) in [6, 6.07) is 7.53. The van der Waals surface area contributed by atoms with Crippen molar-refractivity contribution >= 4 is 17.3 Å². The second-order valence-electron chi connectivity index (χ2n) is 3.50. The highest BCUT2D eigenvalue weighted by Crippen LogP contribution is 2.23. The minimum absolute atomic E-state index is 0.138. The fraction of sp³-hybridized carbons (Fsp3) is 0.167. The van der Waals surface area contributed by atoms with Gasteiger partial charge in [-0.25, -0.2) is 4.39 Å². The lowest BCUT2D eigenvalue weighted by molar-refractivity contribution is 0.244. The molecule has 0 aliphatic heterocycles. The lowest BCUT2D eigenvalue weighted by Crippen LogP contribution is -1.99. The topological polar surface area (TPSA) is 45.4 Å². The van der Waals surface area contributed by atoms with Crippen LogP contribution in [0.4, 0.5) is 10.1 Å². The van der Waals surface area contributed by atoms with E-state index in [0.29, 0.717) is 28.8 Å². The summed E-state index contributed by atoms with van der Waals surface area (Å²) in [5.74, 6) is 0.786. The van der Waals surface area contributed by atoms with Crippen molar-refractivity contribution in [1.82, 2.24) is 0 Å². The molecule has 0 fully saturated rings. The first-order valence-electron chi connectivity index (χ1n) is 5.06. The number of anilines is 1. The van der Waals surface area contributed by atoms with E-state index in [1.165, 1.54) is 18.2 Å². The van der Waals surface area contributed by atoms with Gasteiger partial charge >= 0.3 is 0 Å². The molecular weight excluding hydrogens is 245 g/mol. The first-order valence-corrected chi connectivity index (χ1v) is 5.44. The zero-order chi connectivity index (χ0) is 12.3. The van der Waals surface area contributed by atoms with Crippen LogP contribution in [-0.4, -0.2) is 5.11 Å². The SMILES string of the molecule is OCc1ccc(CNc2cc(F)ccc2Cl)o1. The molecule has 90 valence electrons. The molecule has 0 bridgehead atoms. The number of furan rings is 1. The first-order chi connectivity index (χ1) is 8.19. The van der Waals surface area contributed by atoms with E-state index in [1.807, 2.05) is 0 Å². The van der Waals surface area contributed by atoms with Crippen LogP contribution in [0, 0.1) is 5.82 Å². The molecule has 0 unspecified atom stereocenters. The molecule has 1 aromatic heterocycles. The van der Waals surface area contributed by atoms with Crippen LogP contribution >= 0.6 is 11.6 Å². The number of halogens is 2. The first kappa shape index (κ1) is 12.0. The second kappa shape index (κ2) is 5.21. The molecule has 0 spiro atoms. The standard InChI is InChI=1S/C12H11ClFNO2/c13-11-4-1-8(14)5-12(11)15-6-9-2-3-10(7-16)17-9/h1-5,15-16H,6-7H2. The molecule has 1 aromatic carbocycles. The second-order valence-corrected chi connectivity index (χ2v) is 3.91. The van der Waals surface area contributed by atoms with Crippen LogP contribution in [0.3, 0.4) is 0 Å². The Balaban J connectivity index is 2.04. The average molecular weight is 256 g/mol. The quantitative estimate of drug-likeness (QED) is 0.882. The molecule has 2 rings (SSSR count). The van der Waals surface area contributed by atoms with E-state index in [1.54, 1.807) is 12.1 Å². The molecule has 0 aliphatic carbocycles. The van der Waals surface area contributed by atoms with Gasteiger partial charge < -0.3 is 14.8 Å². The van der Waals surface area contributed by atoms with Crippen molar-refractivity contribution in [2.75, 3.05) is 5.32 Å². The highest BCUT2D eigenvalue weighted by Gasteiger charge is 2.04. The number of benzene rings is 1. The molecule has 2 aromatic rings. The number of aliphatic hydroxyl groups excluding tert-OH is 1. The third kappa shape index (κ3) is 2.99. The molecule has 0 saturated carbocycles. The van der Waals surface area contributed by atoms with Gasteiger partial charge in [0.2, 0.25) is 0 Å². The van der Waals surface area contributed by atoms with Crippen molar-refractivity contribution in [2.45, 2.75) is 13.2 Å². The molecule has 1 heterocycles. The van der Waals surface area contributed by atoms with E-state index in [0.717, 1.165) is 0 Å². The molecular formula is C12H11ClFNO2. The summed E-state index contributed by atoms with van der Waals surface area (Å²) >= 11 is 5.90. The minimum Gasteiger partial charge on any atom is -0.462 e. The van der Waals surface area contributed by atoms with Crippen molar-refractivity contribution in [3.63, 3.8) is 0 Å². The van der Waals surface area contributed by atoms with Gasteiger partial charge in [0.15, 0.2) is 0 Å². The lowest BCUT2D eigenvalue weighted by atomic mass is 10.3. The van der Waals surface area contributed by atoms with Crippen LogP contribution in [-0.2, 0) is 13.2 Å². The maximum Gasteiger partial charge on any atom is 0.129 e. The maximum atomic E-state index is 13.0. The van der Waals surface area contributed by atoms with Gasteiger partial charge in [0.05, 0.1) is 17.3 Å². The Kier molecular flexibility index (Phi) is 3.66. The summed E-state index contributed by atoms with van der Waals surface area (Å²) in [6.07, 6.45) is 0. The molecule has 0 amide bonds. The number of aliphatic hydroxyl groups is 1. The van der Waals surface area contributed by atoms with Gasteiger partial charge in [-0.3, -0.25) is 0 Å². The Morgan fingerprint density at radius 3 is 2.71 bits per heavy atom. The average Bonchev–Trinajstić information content (AvgIpc) is 2.78. The Morgan fingerprint density at radius 2 is 2.00 bits per heavy atom. The smallest absolute Gasteiger partial charge is 0.129 e. The van der Waals surface area contributed by atoms with Crippen LogP contribution < -0.4 is 5.32 Å². The van der Waals surface area contributed by atoms with E-state index in [-0.39, 0.29) is 12.4 Å². The van der Waals surface area contributed by atoms with Crippen LogP contribution in [0.1, 0.15) is 11.5 Å². The van der Waals surface area contributed by atoms with E-state index in [9.17, 15) is 4.39 Å². The number of rotatable bonds is 4. The molecule has 5 heteroatoms. The van der Waals surface area contributed by atoms with Crippen LogP contribution in [0.5, 0.6) is 0 Å². The Labute approximate surface area is 103 Å². The fourth-order valence-electron chi connectivity index (χ4n) is 1.42. The zero-order valence-electron chi connectivity index (χ0n) is 8.91. The van der Waals surface area contributed by atoms with Gasteiger partial charge in [-0.05, 0) is 30.3 Å². The van der Waals surface area contributed by atoms with Crippen molar-refractivity contribution in [1.29, 1.82) is 0 Å². The van der Waals surface area contributed by atoms with Gasteiger partial charge in [-0.2, -0.15) is 0 Å². The number of hydrogen-bond acceptors (Lipinski definition) is 3. The number of hydrogen-bond donors (Lipinski definition) is 2. The van der Waals surface area contributed by atoms with Gasteiger partial charge in [0, 0.05) is 0 Å². The third-order valence-corrected chi connectivity index (χ3v) is 2.58. The highest BCUT2D eigenvalue weighted by atomic mass is 35.5. The maximum absolute atomic E-state index is 13.0. The van der Waals surface area contributed by atoms with E-state index in [4.69, 9.17) is 21.1 Å². The predicted molar refractivity (Wildman–Crippen MR) is 63.4 cm³/mol. The van der Waals surface area contributed by atoms with Gasteiger partial charge in [0.1, 0.15) is 23.9 Å². The Morgan fingerprint density at radius 1 is 1.24 bits per heavy atom. The fourth-order valence-corrected chi connectivity index (χ4v) is 1.60. The normalized spacial score (nSPS) is 10.5. The molecule has 3 nitrogen and oxygen atoms in total. The van der Waals surface area contributed by atoms with Crippen LogP contribution in [0.2, 0.25) is 5.02 Å². The monoisotopic (exact) mass is 255 g/mol. The summed E-state index contributed by atoms with van der Waals surface area (Å²) in [7, 11) is 0. The molecule has 0 aliphatic rings. The van der Waals surface area contributed by atoms with Crippen molar-refractivity contribution in [3.05, 3.63) is 52.7 Å². The van der Waals surface area contributed by atoms with Crippen LogP contribution in [0.15, 0.2) is 34.7 Å². The lowest BCUT2D eigenvalue weighted by Gasteiger charge is -2.06. The van der Waals surface area contributed by atoms with Crippen molar-refractivity contribution in [3.8, 4) is 0 Å². The molecule has 2 N–H and O–H groups in total. The summed E-state index contributed by atoms with van der Waals surface area (Å²) < 4.78 is 18.3. The molecule has 17 heavy (non-hydrogen) atoms. The predicted octanol–water partition coefficient (Wildman–Crippen LogP) is 3.18. The van der Waals surface area contributed by atoms with E-state index < -0.39 is 0 Å². The Bertz CT molecular complexity index is 513. The van der Waals surface area contributed by atoms with Gasteiger partial charge in [-0.1, -0.05) is 11.6 Å².